The summed E-state index contributed by atoms with van der Waals surface area (Å²) in [4.78, 5) is 31.8. The van der Waals surface area contributed by atoms with Gasteiger partial charge in [0.05, 0.1) is 15.9 Å². The molecule has 0 spiro atoms. The maximum Gasteiger partial charge on any atom is 0.300 e. The fourth-order valence-corrected chi connectivity index (χ4v) is 1.69. The molecule has 0 radical (unpaired) electrons. The van der Waals surface area contributed by atoms with Gasteiger partial charge in [-0.3, -0.25) is 35.9 Å². The van der Waals surface area contributed by atoms with Gasteiger partial charge in [0, 0.05) is 11.6 Å². The van der Waals surface area contributed by atoms with Crippen molar-refractivity contribution in [2.75, 3.05) is 5.43 Å². The van der Waals surface area contributed by atoms with Crippen LogP contribution in [0.1, 0.15) is 10.4 Å². The molecule has 0 unspecified atom stereocenters. The van der Waals surface area contributed by atoms with Crippen molar-refractivity contribution in [3.63, 3.8) is 0 Å². The summed E-state index contributed by atoms with van der Waals surface area (Å²) in [5, 5.41) is 21.6. The number of nitrogens with one attached hydrogen (secondary N) is 2. The second-order valence-corrected chi connectivity index (χ2v) is 4.30. The lowest BCUT2D eigenvalue weighted by Gasteiger charge is -2.08. The second-order valence-electron chi connectivity index (χ2n) is 4.30. The summed E-state index contributed by atoms with van der Waals surface area (Å²) < 4.78 is 12.8. The van der Waals surface area contributed by atoms with Crippen LogP contribution in [0.2, 0.25) is 0 Å². The molecule has 0 aliphatic rings. The maximum atomic E-state index is 12.8. The van der Waals surface area contributed by atoms with Crippen molar-refractivity contribution in [2.24, 2.45) is 0 Å². The minimum absolute atomic E-state index is 0.128. The lowest BCUT2D eigenvalue weighted by atomic mass is 10.2. The number of halogens is 1. The molecule has 9 nitrogen and oxygen atoms in total. The van der Waals surface area contributed by atoms with Gasteiger partial charge in [-0.05, 0) is 30.3 Å². The highest BCUT2D eigenvalue weighted by Crippen LogP contribution is 2.28. The van der Waals surface area contributed by atoms with E-state index in [4.69, 9.17) is 0 Å². The van der Waals surface area contributed by atoms with Crippen LogP contribution in [-0.2, 0) is 0 Å². The highest BCUT2D eigenvalue weighted by molar-refractivity contribution is 5.95. The van der Waals surface area contributed by atoms with E-state index in [2.05, 4.69) is 10.9 Å². The molecule has 10 heteroatoms. The Morgan fingerprint density at radius 2 is 1.65 bits per heavy atom. The summed E-state index contributed by atoms with van der Waals surface area (Å²) in [6.07, 6.45) is 0. The topological polar surface area (TPSA) is 127 Å². The first-order chi connectivity index (χ1) is 10.9. The zero-order chi connectivity index (χ0) is 17.0. The molecule has 0 atom stereocenters. The van der Waals surface area contributed by atoms with E-state index in [1.807, 2.05) is 0 Å². The third kappa shape index (κ3) is 3.75. The third-order valence-corrected chi connectivity index (χ3v) is 2.81. The van der Waals surface area contributed by atoms with Crippen LogP contribution >= 0.6 is 0 Å². The molecule has 0 saturated heterocycles. The Balaban J connectivity index is 2.16. The zero-order valence-corrected chi connectivity index (χ0v) is 11.4. The van der Waals surface area contributed by atoms with E-state index in [0.717, 1.165) is 30.3 Å². The van der Waals surface area contributed by atoms with E-state index in [1.54, 1.807) is 0 Å². The number of hydrazine groups is 1. The predicted octanol–water partition coefficient (Wildman–Crippen LogP) is 2.40. The molecule has 0 aromatic heterocycles. The molecule has 0 saturated carbocycles. The van der Waals surface area contributed by atoms with Crippen molar-refractivity contribution >= 4 is 23.0 Å². The Kier molecular flexibility index (Phi) is 4.45. The SMILES string of the molecule is O=C(NNc1ccc([N+](=O)[O-])cc1[N+](=O)[O-])c1ccc(F)cc1. The standard InChI is InChI=1S/C13H9FN4O5/c14-9-3-1-8(2-4-9)13(19)16-15-11-6-5-10(17(20)21)7-12(11)18(22)23/h1-7,15H,(H,16,19). The minimum Gasteiger partial charge on any atom is -0.292 e. The number of carbonyl (C=O) groups excluding carboxylic acids is 1. The highest BCUT2D eigenvalue weighted by atomic mass is 19.1. The molecule has 2 rings (SSSR count). The number of nitro groups is 2. The number of carbonyl (C=O) groups is 1. The molecule has 0 fully saturated rings. The van der Waals surface area contributed by atoms with Gasteiger partial charge in [-0.25, -0.2) is 4.39 Å². The Labute approximate surface area is 128 Å². The number of anilines is 1. The van der Waals surface area contributed by atoms with Crippen LogP contribution in [-0.4, -0.2) is 15.8 Å². The minimum atomic E-state index is -0.820. The van der Waals surface area contributed by atoms with Crippen molar-refractivity contribution in [3.8, 4) is 0 Å². The predicted molar refractivity (Wildman–Crippen MR) is 77.2 cm³/mol. The van der Waals surface area contributed by atoms with E-state index in [-0.39, 0.29) is 11.3 Å². The number of rotatable bonds is 5. The zero-order valence-electron chi connectivity index (χ0n) is 11.4. The summed E-state index contributed by atoms with van der Waals surface area (Å²) in [7, 11) is 0. The molecule has 23 heavy (non-hydrogen) atoms. The fourth-order valence-electron chi connectivity index (χ4n) is 1.69. The monoisotopic (exact) mass is 320 g/mol. The average molecular weight is 320 g/mol. The van der Waals surface area contributed by atoms with E-state index >= 15 is 0 Å². The molecule has 0 aliphatic carbocycles. The Morgan fingerprint density at radius 3 is 2.22 bits per heavy atom. The lowest BCUT2D eigenvalue weighted by molar-refractivity contribution is -0.393. The van der Waals surface area contributed by atoms with Gasteiger partial charge in [-0.15, -0.1) is 0 Å². The molecule has 2 N–H and O–H groups in total. The molecule has 2 aromatic carbocycles. The molecular weight excluding hydrogens is 311 g/mol. The Morgan fingerprint density at radius 1 is 1.00 bits per heavy atom. The van der Waals surface area contributed by atoms with Crippen LogP contribution < -0.4 is 10.9 Å². The van der Waals surface area contributed by atoms with E-state index in [1.165, 1.54) is 12.1 Å². The first-order valence-electron chi connectivity index (χ1n) is 6.13. The van der Waals surface area contributed by atoms with Crippen molar-refractivity contribution in [1.82, 2.24) is 5.43 Å². The summed E-state index contributed by atoms with van der Waals surface area (Å²) in [6, 6.07) is 7.56. The Bertz CT molecular complexity index is 778. The van der Waals surface area contributed by atoms with Crippen LogP contribution in [0, 0.1) is 26.0 Å². The second kappa shape index (κ2) is 6.47. The van der Waals surface area contributed by atoms with Crippen LogP contribution in [0.4, 0.5) is 21.5 Å². The van der Waals surface area contributed by atoms with Gasteiger partial charge in [0.25, 0.3) is 11.6 Å². The van der Waals surface area contributed by atoms with E-state index < -0.39 is 32.9 Å². The number of hydrogen-bond acceptors (Lipinski definition) is 6. The number of nitro benzene ring substituents is 2. The number of amides is 1. The van der Waals surface area contributed by atoms with Gasteiger partial charge in [-0.1, -0.05) is 0 Å². The molecular formula is C13H9FN4O5. The van der Waals surface area contributed by atoms with Crippen LogP contribution in [0.3, 0.4) is 0 Å². The highest BCUT2D eigenvalue weighted by Gasteiger charge is 2.19. The third-order valence-electron chi connectivity index (χ3n) is 2.81. The molecule has 0 bridgehead atoms. The molecule has 1 amide bonds. The molecule has 2 aromatic rings. The summed E-state index contributed by atoms with van der Waals surface area (Å²) in [5.41, 5.74) is 3.49. The summed E-state index contributed by atoms with van der Waals surface area (Å²) in [6.45, 7) is 0. The Hall–Kier alpha value is -3.56. The van der Waals surface area contributed by atoms with Crippen LogP contribution in [0.5, 0.6) is 0 Å². The van der Waals surface area contributed by atoms with Crippen LogP contribution in [0.25, 0.3) is 0 Å². The lowest BCUT2D eigenvalue weighted by Crippen LogP contribution is -2.29. The maximum absolute atomic E-state index is 12.8. The van der Waals surface area contributed by atoms with Crippen molar-refractivity contribution in [2.45, 2.75) is 0 Å². The van der Waals surface area contributed by atoms with Gasteiger partial charge >= 0.3 is 5.69 Å². The van der Waals surface area contributed by atoms with Gasteiger partial charge in [-0.2, -0.15) is 0 Å². The molecule has 0 heterocycles. The normalized spacial score (nSPS) is 9.96. The van der Waals surface area contributed by atoms with Crippen molar-refractivity contribution < 1.29 is 19.0 Å². The van der Waals surface area contributed by atoms with Crippen molar-refractivity contribution in [3.05, 3.63) is 74.1 Å². The van der Waals surface area contributed by atoms with Gasteiger partial charge in [0.1, 0.15) is 11.5 Å². The summed E-state index contributed by atoms with van der Waals surface area (Å²) in [5.74, 6) is -1.17. The van der Waals surface area contributed by atoms with Crippen LogP contribution in [0.15, 0.2) is 42.5 Å². The first kappa shape index (κ1) is 15.8. The van der Waals surface area contributed by atoms with Crippen molar-refractivity contribution in [1.29, 1.82) is 0 Å². The summed E-state index contributed by atoms with van der Waals surface area (Å²) >= 11 is 0. The van der Waals surface area contributed by atoms with Gasteiger partial charge < -0.3 is 0 Å². The van der Waals surface area contributed by atoms with E-state index in [0.29, 0.717) is 0 Å². The van der Waals surface area contributed by atoms with Gasteiger partial charge in [0.15, 0.2) is 0 Å². The largest absolute Gasteiger partial charge is 0.300 e. The molecule has 0 aliphatic heterocycles. The van der Waals surface area contributed by atoms with E-state index in [9.17, 15) is 29.4 Å². The first-order valence-corrected chi connectivity index (χ1v) is 6.13. The smallest absolute Gasteiger partial charge is 0.292 e. The fraction of sp³-hybridized carbons (Fsp3) is 0. The molecule has 118 valence electrons. The number of hydrogen-bond donors (Lipinski definition) is 2. The number of nitrogens with zero attached hydrogens (tertiary/aromatic N) is 2. The average Bonchev–Trinajstić information content (AvgIpc) is 2.52. The van der Waals surface area contributed by atoms with Gasteiger partial charge in [0.2, 0.25) is 0 Å². The number of benzene rings is 2. The number of non-ortho nitro benzene ring substituents is 1. The quantitative estimate of drug-likeness (QED) is 0.643.